The first-order valence-electron chi connectivity index (χ1n) is 5.58. The third-order valence-corrected chi connectivity index (χ3v) is 2.60. The van der Waals surface area contributed by atoms with Crippen LogP contribution in [0.3, 0.4) is 0 Å². The summed E-state index contributed by atoms with van der Waals surface area (Å²) in [6.45, 7) is 8.55. The van der Waals surface area contributed by atoms with Gasteiger partial charge in [0.2, 0.25) is 0 Å². The maximum atomic E-state index is 11.3. The van der Waals surface area contributed by atoms with Gasteiger partial charge in [-0.2, -0.15) is 0 Å². The molecule has 0 aliphatic rings. The first kappa shape index (κ1) is 14.5. The van der Waals surface area contributed by atoms with Gasteiger partial charge in [-0.15, -0.1) is 11.6 Å². The van der Waals surface area contributed by atoms with E-state index in [1.807, 2.05) is 13.8 Å². The van der Waals surface area contributed by atoms with E-state index >= 15 is 0 Å². The Hall–Kier alpha value is -0.500. The van der Waals surface area contributed by atoms with E-state index in [1.54, 1.807) is 0 Å². The van der Waals surface area contributed by atoms with Crippen molar-refractivity contribution in [1.82, 2.24) is 5.32 Å². The Kier molecular flexibility index (Phi) is 8.49. The summed E-state index contributed by atoms with van der Waals surface area (Å²) in [7, 11) is 0. The average Bonchev–Trinajstić information content (AvgIpc) is 2.22. The summed E-state index contributed by atoms with van der Waals surface area (Å²) in [5.41, 5.74) is 0.870. The summed E-state index contributed by atoms with van der Waals surface area (Å²) in [6, 6.07) is 0. The molecule has 0 atom stereocenters. The zero-order valence-electron chi connectivity index (χ0n) is 9.81. The third kappa shape index (κ3) is 8.49. The van der Waals surface area contributed by atoms with Crippen molar-refractivity contribution in [3.63, 3.8) is 0 Å². The van der Waals surface area contributed by atoms with E-state index < -0.39 is 0 Å². The van der Waals surface area contributed by atoms with Crippen molar-refractivity contribution in [1.29, 1.82) is 0 Å². The van der Waals surface area contributed by atoms with Crippen molar-refractivity contribution in [3.8, 4) is 0 Å². The highest BCUT2D eigenvalue weighted by molar-refractivity contribution is 6.19. The van der Waals surface area contributed by atoms with Crippen LogP contribution in [-0.2, 0) is 4.79 Å². The highest BCUT2D eigenvalue weighted by Gasteiger charge is 2.05. The molecule has 0 unspecified atom stereocenters. The predicted octanol–water partition coefficient (Wildman–Crippen LogP) is 3.11. The largest absolute Gasteiger partial charge is 0.388 e. The fraction of sp³-hybridized carbons (Fsp3) is 0.750. The van der Waals surface area contributed by atoms with Crippen molar-refractivity contribution in [2.45, 2.75) is 39.5 Å². The normalized spacial score (nSPS) is 10.4. The highest BCUT2D eigenvalue weighted by atomic mass is 35.5. The minimum absolute atomic E-state index is 0.180. The Morgan fingerprint density at radius 3 is 2.53 bits per heavy atom. The molecule has 0 saturated carbocycles. The van der Waals surface area contributed by atoms with Gasteiger partial charge < -0.3 is 5.32 Å². The van der Waals surface area contributed by atoms with E-state index in [9.17, 15) is 4.79 Å². The number of hydrogen-bond donors (Lipinski definition) is 1. The Bertz CT molecular complexity index is 202. The SMILES string of the molecule is C=C(CCl)NCCCCCC(=O)C(C)C. The van der Waals surface area contributed by atoms with Crippen LogP contribution in [0.25, 0.3) is 0 Å². The standard InChI is InChI=1S/C12H22ClNO/c1-10(2)12(15)7-5-4-6-8-14-11(3)9-13/h10,14H,3-9H2,1-2H3. The highest BCUT2D eigenvalue weighted by Crippen LogP contribution is 2.05. The van der Waals surface area contributed by atoms with Crippen LogP contribution < -0.4 is 5.32 Å². The predicted molar refractivity (Wildman–Crippen MR) is 66.2 cm³/mol. The van der Waals surface area contributed by atoms with E-state index in [0.717, 1.165) is 31.5 Å². The van der Waals surface area contributed by atoms with Crippen LogP contribution in [0.15, 0.2) is 12.3 Å². The summed E-state index contributed by atoms with van der Waals surface area (Å²) < 4.78 is 0. The van der Waals surface area contributed by atoms with E-state index in [4.69, 9.17) is 11.6 Å². The molecule has 0 amide bonds. The molecule has 0 aliphatic carbocycles. The number of Topliss-reactive ketones (excluding diaryl/α,β-unsaturated/α-hetero) is 1. The maximum Gasteiger partial charge on any atom is 0.135 e. The number of unbranched alkanes of at least 4 members (excludes halogenated alkanes) is 2. The van der Waals surface area contributed by atoms with E-state index in [2.05, 4.69) is 11.9 Å². The van der Waals surface area contributed by atoms with Gasteiger partial charge >= 0.3 is 0 Å². The number of allylic oxidation sites excluding steroid dienone is 1. The summed E-state index contributed by atoms with van der Waals surface area (Å²) in [4.78, 5) is 11.3. The van der Waals surface area contributed by atoms with Gasteiger partial charge in [0.25, 0.3) is 0 Å². The Morgan fingerprint density at radius 1 is 1.33 bits per heavy atom. The zero-order chi connectivity index (χ0) is 11.7. The van der Waals surface area contributed by atoms with Crippen LogP contribution in [0.4, 0.5) is 0 Å². The quantitative estimate of drug-likeness (QED) is 0.488. The molecule has 0 aromatic heterocycles. The molecule has 1 N–H and O–H groups in total. The van der Waals surface area contributed by atoms with Crippen LogP contribution in [0, 0.1) is 5.92 Å². The number of nitrogens with one attached hydrogen (secondary N) is 1. The Labute approximate surface area is 98.1 Å². The minimum atomic E-state index is 0.180. The van der Waals surface area contributed by atoms with Gasteiger partial charge in [0.1, 0.15) is 5.78 Å². The molecular formula is C12H22ClNO. The van der Waals surface area contributed by atoms with Gasteiger partial charge in [0.05, 0.1) is 5.88 Å². The number of ketones is 1. The molecule has 0 rings (SSSR count). The van der Waals surface area contributed by atoms with Crippen LogP contribution in [0.5, 0.6) is 0 Å². The number of rotatable bonds is 9. The van der Waals surface area contributed by atoms with Gasteiger partial charge in [-0.05, 0) is 12.8 Å². The molecule has 0 radical (unpaired) electrons. The van der Waals surface area contributed by atoms with Crippen LogP contribution in [0.1, 0.15) is 39.5 Å². The van der Waals surface area contributed by atoms with Gasteiger partial charge in [-0.3, -0.25) is 4.79 Å². The monoisotopic (exact) mass is 231 g/mol. The summed E-state index contributed by atoms with van der Waals surface area (Å²) in [5, 5.41) is 3.13. The Morgan fingerprint density at radius 2 is 2.00 bits per heavy atom. The summed E-state index contributed by atoms with van der Waals surface area (Å²) in [6.07, 6.45) is 3.86. The molecule has 0 aromatic rings. The molecule has 0 aliphatic heterocycles. The fourth-order valence-corrected chi connectivity index (χ4v) is 1.30. The first-order valence-corrected chi connectivity index (χ1v) is 6.11. The van der Waals surface area contributed by atoms with Gasteiger partial charge in [0, 0.05) is 24.6 Å². The van der Waals surface area contributed by atoms with Crippen molar-refractivity contribution in [3.05, 3.63) is 12.3 Å². The van der Waals surface area contributed by atoms with Crippen molar-refractivity contribution in [2.24, 2.45) is 5.92 Å². The fourth-order valence-electron chi connectivity index (χ4n) is 1.20. The molecule has 2 nitrogen and oxygen atoms in total. The smallest absolute Gasteiger partial charge is 0.135 e. The second-order valence-electron chi connectivity index (χ2n) is 4.10. The minimum Gasteiger partial charge on any atom is -0.388 e. The van der Waals surface area contributed by atoms with E-state index in [0.29, 0.717) is 18.1 Å². The van der Waals surface area contributed by atoms with Crippen LogP contribution in [-0.4, -0.2) is 18.2 Å². The summed E-state index contributed by atoms with van der Waals surface area (Å²) >= 11 is 5.56. The van der Waals surface area contributed by atoms with E-state index in [-0.39, 0.29) is 5.92 Å². The maximum absolute atomic E-state index is 11.3. The topological polar surface area (TPSA) is 29.1 Å². The molecule has 88 valence electrons. The lowest BCUT2D eigenvalue weighted by molar-refractivity contribution is -0.122. The lowest BCUT2D eigenvalue weighted by Gasteiger charge is -2.06. The second kappa shape index (κ2) is 8.78. The van der Waals surface area contributed by atoms with Crippen molar-refractivity contribution < 1.29 is 4.79 Å². The van der Waals surface area contributed by atoms with Gasteiger partial charge in [0.15, 0.2) is 0 Å². The van der Waals surface area contributed by atoms with Crippen molar-refractivity contribution >= 4 is 17.4 Å². The molecule has 0 saturated heterocycles. The van der Waals surface area contributed by atoms with Crippen LogP contribution in [0.2, 0.25) is 0 Å². The molecular weight excluding hydrogens is 210 g/mol. The second-order valence-corrected chi connectivity index (χ2v) is 4.36. The molecule has 3 heteroatoms. The molecule has 0 fully saturated rings. The van der Waals surface area contributed by atoms with Gasteiger partial charge in [-0.25, -0.2) is 0 Å². The molecule has 0 spiro atoms. The third-order valence-electron chi connectivity index (χ3n) is 2.28. The number of carbonyl (C=O) groups excluding carboxylic acids is 1. The Balaban J connectivity index is 3.25. The lowest BCUT2D eigenvalue weighted by atomic mass is 10.0. The lowest BCUT2D eigenvalue weighted by Crippen LogP contribution is -2.14. The number of carbonyl (C=O) groups is 1. The average molecular weight is 232 g/mol. The van der Waals surface area contributed by atoms with Gasteiger partial charge in [-0.1, -0.05) is 26.8 Å². The van der Waals surface area contributed by atoms with Crippen LogP contribution >= 0.6 is 11.6 Å². The molecule has 0 aromatic carbocycles. The van der Waals surface area contributed by atoms with Crippen molar-refractivity contribution in [2.75, 3.05) is 12.4 Å². The number of halogens is 1. The first-order chi connectivity index (χ1) is 7.07. The number of hydrogen-bond acceptors (Lipinski definition) is 2. The van der Waals surface area contributed by atoms with E-state index in [1.165, 1.54) is 0 Å². The number of alkyl halides is 1. The summed E-state index contributed by atoms with van der Waals surface area (Å²) in [5.74, 6) is 1.01. The molecule has 15 heavy (non-hydrogen) atoms. The zero-order valence-corrected chi connectivity index (χ0v) is 10.6. The molecule has 0 bridgehead atoms. The molecule has 0 heterocycles.